The van der Waals surface area contributed by atoms with Gasteiger partial charge in [0.05, 0.1) is 12.9 Å². The van der Waals surface area contributed by atoms with Gasteiger partial charge in [-0.1, -0.05) is 46.9 Å². The first kappa shape index (κ1) is 16.6. The van der Waals surface area contributed by atoms with Crippen LogP contribution in [0.2, 0.25) is 0 Å². The van der Waals surface area contributed by atoms with Crippen LogP contribution in [0.1, 0.15) is 11.1 Å². The molecule has 2 heterocycles. The van der Waals surface area contributed by atoms with Gasteiger partial charge in [-0.15, -0.1) is 0 Å². The number of hydrogen-bond donors (Lipinski definition) is 2. The molecule has 1 aromatic heterocycles. The number of aromatic amines is 1. The third kappa shape index (κ3) is 2.93. The average Bonchev–Trinajstić information content (AvgIpc) is 3.23. The molecule has 1 aliphatic heterocycles. The van der Waals surface area contributed by atoms with Gasteiger partial charge in [-0.2, -0.15) is 0 Å². The van der Waals surface area contributed by atoms with E-state index in [9.17, 15) is 9.59 Å². The third-order valence-electron chi connectivity index (χ3n) is 4.47. The highest BCUT2D eigenvalue weighted by Gasteiger charge is 2.28. The number of nitrogens with one attached hydrogen (secondary N) is 2. The zero-order chi connectivity index (χ0) is 18.1. The van der Waals surface area contributed by atoms with E-state index in [1.807, 2.05) is 54.7 Å². The van der Waals surface area contributed by atoms with Crippen molar-refractivity contribution in [3.8, 4) is 5.75 Å². The predicted octanol–water partition coefficient (Wildman–Crippen LogP) is 3.46. The number of rotatable bonds is 4. The molecular formula is C20H18N2O3S. The number of para-hydroxylation sites is 2. The highest BCUT2D eigenvalue weighted by atomic mass is 32.2. The maximum Gasteiger partial charge on any atom is 0.280 e. The molecule has 132 valence electrons. The molecule has 1 atom stereocenters. The first-order valence-electron chi connectivity index (χ1n) is 8.26. The number of aromatic nitrogens is 1. The minimum atomic E-state index is -0.795. The van der Waals surface area contributed by atoms with Crippen molar-refractivity contribution in [3.63, 3.8) is 0 Å². The summed E-state index contributed by atoms with van der Waals surface area (Å²) in [7, 11) is 0.843. The molecule has 1 saturated heterocycles. The second kappa shape index (κ2) is 6.80. The number of H-pyrrole nitrogens is 1. The average molecular weight is 366 g/mol. The molecule has 0 saturated carbocycles. The van der Waals surface area contributed by atoms with Crippen LogP contribution >= 0.6 is 10.5 Å². The van der Waals surface area contributed by atoms with Crippen molar-refractivity contribution in [3.05, 3.63) is 65.9 Å². The lowest BCUT2D eigenvalue weighted by atomic mass is 10.0. The summed E-state index contributed by atoms with van der Waals surface area (Å²) in [4.78, 5) is 28.4. The molecule has 2 aromatic carbocycles. The number of fused-ring (bicyclic) bond motifs is 1. The summed E-state index contributed by atoms with van der Waals surface area (Å²) in [5.74, 6) is 0.776. The molecule has 0 spiro atoms. The van der Waals surface area contributed by atoms with E-state index in [1.54, 1.807) is 7.11 Å². The zero-order valence-electron chi connectivity index (χ0n) is 14.2. The standard InChI is InChI=1S/C20H18N2O3S/c1-25-17-9-5-2-6-13(17)10-18(26-12-19(23)22-20(26)24)15-11-21-16-8-4-3-7-14(15)16/h2-9,11,21H,10,12H2,1H3,(H,22,23,24). The van der Waals surface area contributed by atoms with Crippen molar-refractivity contribution in [2.24, 2.45) is 0 Å². The Morgan fingerprint density at radius 2 is 1.88 bits per heavy atom. The minimum Gasteiger partial charge on any atom is -0.496 e. The maximum atomic E-state index is 12.4. The van der Waals surface area contributed by atoms with Gasteiger partial charge in [-0.05, 0) is 22.6 Å². The molecule has 2 amide bonds. The number of hydrogen-bond acceptors (Lipinski definition) is 3. The van der Waals surface area contributed by atoms with Crippen molar-refractivity contribution in [1.29, 1.82) is 0 Å². The molecule has 2 N–H and O–H groups in total. The Bertz CT molecular complexity index is 1050. The van der Waals surface area contributed by atoms with Gasteiger partial charge in [0.2, 0.25) is 5.91 Å². The number of amides is 2. The van der Waals surface area contributed by atoms with Gasteiger partial charge in [-0.3, -0.25) is 14.9 Å². The highest BCUT2D eigenvalue weighted by molar-refractivity contribution is 8.29. The van der Waals surface area contributed by atoms with Gasteiger partial charge < -0.3 is 9.72 Å². The van der Waals surface area contributed by atoms with Crippen LogP contribution in [0.4, 0.5) is 4.79 Å². The van der Waals surface area contributed by atoms with Crippen LogP contribution in [0.15, 0.2) is 54.7 Å². The lowest BCUT2D eigenvalue weighted by Gasteiger charge is -2.13. The van der Waals surface area contributed by atoms with Crippen molar-refractivity contribution >= 4 is 37.4 Å². The maximum absolute atomic E-state index is 12.4. The van der Waals surface area contributed by atoms with Crippen LogP contribution in [0.5, 0.6) is 5.75 Å². The van der Waals surface area contributed by atoms with E-state index in [1.165, 1.54) is 0 Å². The van der Waals surface area contributed by atoms with Gasteiger partial charge >= 0.3 is 0 Å². The molecule has 1 fully saturated rings. The molecule has 0 bridgehead atoms. The monoisotopic (exact) mass is 366 g/mol. The molecule has 3 aromatic rings. The second-order valence-corrected chi connectivity index (χ2v) is 7.96. The quantitative estimate of drug-likeness (QED) is 0.549. The van der Waals surface area contributed by atoms with Crippen molar-refractivity contribution in [2.75, 3.05) is 12.9 Å². The van der Waals surface area contributed by atoms with E-state index in [0.717, 1.165) is 32.6 Å². The molecule has 6 heteroatoms. The van der Waals surface area contributed by atoms with Crippen molar-refractivity contribution in [2.45, 2.75) is 6.42 Å². The fourth-order valence-electron chi connectivity index (χ4n) is 3.25. The zero-order valence-corrected chi connectivity index (χ0v) is 15.1. The Morgan fingerprint density at radius 1 is 1.12 bits per heavy atom. The molecule has 5 nitrogen and oxygen atoms in total. The van der Waals surface area contributed by atoms with Crippen LogP contribution in [0.25, 0.3) is 10.9 Å². The number of imide groups is 1. The summed E-state index contributed by atoms with van der Waals surface area (Å²) in [6, 6.07) is 15.7. The molecule has 1 aliphatic rings. The van der Waals surface area contributed by atoms with Gasteiger partial charge in [0.1, 0.15) is 5.75 Å². The smallest absolute Gasteiger partial charge is 0.280 e. The fourth-order valence-corrected chi connectivity index (χ4v) is 5.11. The summed E-state index contributed by atoms with van der Waals surface area (Å²) in [6.07, 6.45) is 2.48. The van der Waals surface area contributed by atoms with E-state index in [-0.39, 0.29) is 16.9 Å². The Hall–Kier alpha value is -2.86. The number of carbonyl (C=O) groups excluding carboxylic acids is 2. The lowest BCUT2D eigenvalue weighted by Crippen LogP contribution is -2.18. The summed E-state index contributed by atoms with van der Waals surface area (Å²) in [5, 5.41) is 3.29. The fraction of sp³-hybridized carbons (Fsp3) is 0.150. The second-order valence-electron chi connectivity index (χ2n) is 6.03. The van der Waals surface area contributed by atoms with E-state index < -0.39 is 10.5 Å². The van der Waals surface area contributed by atoms with Crippen LogP contribution < -0.4 is 10.1 Å². The van der Waals surface area contributed by atoms with Crippen LogP contribution in [-0.4, -0.2) is 33.9 Å². The number of ether oxygens (including phenoxy) is 1. The Kier molecular flexibility index (Phi) is 4.34. The van der Waals surface area contributed by atoms with Crippen molar-refractivity contribution in [1.82, 2.24) is 10.3 Å². The van der Waals surface area contributed by atoms with Gasteiger partial charge in [0.15, 0.2) is 0 Å². The third-order valence-corrected chi connectivity index (χ3v) is 6.53. The number of methoxy groups -OCH3 is 1. The highest BCUT2D eigenvalue weighted by Crippen LogP contribution is 2.31. The van der Waals surface area contributed by atoms with Crippen LogP contribution in [0.3, 0.4) is 0 Å². The summed E-state index contributed by atoms with van der Waals surface area (Å²) >= 11 is 0. The lowest BCUT2D eigenvalue weighted by molar-refractivity contribution is -0.117. The topological polar surface area (TPSA) is 71.2 Å². The van der Waals surface area contributed by atoms with Crippen molar-refractivity contribution < 1.29 is 14.3 Å². The Labute approximate surface area is 153 Å². The normalized spacial score (nSPS) is 17.4. The first-order valence-corrected chi connectivity index (χ1v) is 9.65. The van der Waals surface area contributed by atoms with E-state index in [2.05, 4.69) is 10.3 Å². The summed E-state index contributed by atoms with van der Waals surface area (Å²) in [5.41, 5.74) is 2.99. The van der Waals surface area contributed by atoms with E-state index in [4.69, 9.17) is 4.74 Å². The first-order chi connectivity index (χ1) is 12.7. The summed E-state index contributed by atoms with van der Waals surface area (Å²) < 4.78 is 5.48. The Morgan fingerprint density at radius 3 is 2.65 bits per heavy atom. The summed E-state index contributed by atoms with van der Waals surface area (Å²) in [6.45, 7) is 0. The molecular weight excluding hydrogens is 348 g/mol. The minimum absolute atomic E-state index is 0.204. The van der Waals surface area contributed by atoms with Gasteiger partial charge in [-0.25, -0.2) is 0 Å². The predicted molar refractivity (Wildman–Crippen MR) is 105 cm³/mol. The van der Waals surface area contributed by atoms with E-state index in [0.29, 0.717) is 6.42 Å². The molecule has 26 heavy (non-hydrogen) atoms. The van der Waals surface area contributed by atoms with Gasteiger partial charge in [0.25, 0.3) is 5.24 Å². The van der Waals surface area contributed by atoms with Crippen LogP contribution in [0, 0.1) is 0 Å². The molecule has 1 unspecified atom stereocenters. The van der Waals surface area contributed by atoms with Gasteiger partial charge in [0, 0.05) is 29.1 Å². The van der Waals surface area contributed by atoms with Crippen LogP contribution in [-0.2, 0) is 11.2 Å². The Balaban J connectivity index is 1.90. The SMILES string of the molecule is COc1ccccc1CC(c1c[nH]c2ccccc12)=S1CC(=O)NC1=O. The van der Waals surface area contributed by atoms with E-state index >= 15 is 0 Å². The number of carbonyl (C=O) groups is 2. The molecule has 4 rings (SSSR count). The largest absolute Gasteiger partial charge is 0.496 e. The molecule has 0 radical (unpaired) electrons. The molecule has 0 aliphatic carbocycles. The number of benzene rings is 2.